The summed E-state index contributed by atoms with van der Waals surface area (Å²) in [6.07, 6.45) is 0.908. The summed E-state index contributed by atoms with van der Waals surface area (Å²) in [7, 11) is 0. The van der Waals surface area contributed by atoms with Gasteiger partial charge in [0.2, 0.25) is 0 Å². The summed E-state index contributed by atoms with van der Waals surface area (Å²) in [5, 5.41) is 5.41. The molecule has 0 fully saturated rings. The van der Waals surface area contributed by atoms with Gasteiger partial charge >= 0.3 is 0 Å². The van der Waals surface area contributed by atoms with Gasteiger partial charge in [-0.25, -0.2) is 14.5 Å². The third kappa shape index (κ3) is 2.88. The highest BCUT2D eigenvalue weighted by atomic mass is 35.5. The van der Waals surface area contributed by atoms with E-state index in [9.17, 15) is 4.79 Å². The SMILES string of the molecule is Cc1c(Cl)cc(Cl)c2nc(CCc3nc4ccccc4[nH]c3=O)nn12. The Balaban J connectivity index is 1.67. The van der Waals surface area contributed by atoms with Crippen LogP contribution in [0, 0.1) is 6.92 Å². The molecule has 8 heteroatoms. The van der Waals surface area contributed by atoms with Crippen molar-refractivity contribution in [3.63, 3.8) is 0 Å². The van der Waals surface area contributed by atoms with Gasteiger partial charge in [0, 0.05) is 12.8 Å². The van der Waals surface area contributed by atoms with Crippen LogP contribution in [-0.2, 0) is 12.8 Å². The number of H-pyrrole nitrogens is 1. The molecule has 0 radical (unpaired) electrons. The molecular formula is C17H13Cl2N5O. The second-order valence-corrected chi connectivity index (χ2v) is 6.53. The van der Waals surface area contributed by atoms with Gasteiger partial charge in [-0.3, -0.25) is 4.79 Å². The fourth-order valence-electron chi connectivity index (χ4n) is 2.70. The zero-order valence-electron chi connectivity index (χ0n) is 13.3. The molecule has 0 amide bonds. The minimum absolute atomic E-state index is 0.195. The van der Waals surface area contributed by atoms with Crippen molar-refractivity contribution in [2.45, 2.75) is 19.8 Å². The van der Waals surface area contributed by atoms with Gasteiger partial charge in [-0.15, -0.1) is 0 Å². The van der Waals surface area contributed by atoms with Gasteiger partial charge in [-0.1, -0.05) is 35.3 Å². The molecule has 0 unspecified atom stereocenters. The molecule has 1 N–H and O–H groups in total. The Morgan fingerprint density at radius 3 is 2.76 bits per heavy atom. The van der Waals surface area contributed by atoms with Gasteiger partial charge in [0.05, 0.1) is 26.8 Å². The van der Waals surface area contributed by atoms with E-state index in [1.807, 2.05) is 31.2 Å². The zero-order valence-corrected chi connectivity index (χ0v) is 14.8. The highest BCUT2D eigenvalue weighted by Crippen LogP contribution is 2.24. The molecule has 0 saturated heterocycles. The number of aryl methyl sites for hydroxylation is 3. The third-order valence-electron chi connectivity index (χ3n) is 4.04. The maximum absolute atomic E-state index is 12.2. The van der Waals surface area contributed by atoms with Crippen molar-refractivity contribution >= 4 is 39.9 Å². The number of para-hydroxylation sites is 2. The maximum atomic E-state index is 12.2. The second kappa shape index (κ2) is 6.13. The molecule has 25 heavy (non-hydrogen) atoms. The summed E-state index contributed by atoms with van der Waals surface area (Å²) >= 11 is 12.3. The molecule has 4 aromatic rings. The topological polar surface area (TPSA) is 75.9 Å². The van der Waals surface area contributed by atoms with Crippen molar-refractivity contribution in [2.75, 3.05) is 0 Å². The minimum Gasteiger partial charge on any atom is -0.319 e. The molecule has 6 nitrogen and oxygen atoms in total. The Bertz CT molecular complexity index is 1170. The monoisotopic (exact) mass is 373 g/mol. The number of hydrogen-bond acceptors (Lipinski definition) is 4. The van der Waals surface area contributed by atoms with Gasteiger partial charge in [0.15, 0.2) is 11.5 Å². The van der Waals surface area contributed by atoms with Gasteiger partial charge in [0.25, 0.3) is 5.56 Å². The lowest BCUT2D eigenvalue weighted by Gasteiger charge is -2.01. The third-order valence-corrected chi connectivity index (χ3v) is 4.70. The average molecular weight is 374 g/mol. The zero-order chi connectivity index (χ0) is 17.6. The highest BCUT2D eigenvalue weighted by Gasteiger charge is 2.13. The Morgan fingerprint density at radius 1 is 1.12 bits per heavy atom. The number of fused-ring (bicyclic) bond motifs is 2. The predicted molar refractivity (Wildman–Crippen MR) is 97.5 cm³/mol. The molecule has 3 aromatic heterocycles. The van der Waals surface area contributed by atoms with Crippen LogP contribution in [0.3, 0.4) is 0 Å². The first-order valence-corrected chi connectivity index (χ1v) is 8.47. The quantitative estimate of drug-likeness (QED) is 0.597. The maximum Gasteiger partial charge on any atom is 0.270 e. The van der Waals surface area contributed by atoms with E-state index in [2.05, 4.69) is 20.1 Å². The fourth-order valence-corrected chi connectivity index (χ4v) is 3.17. The number of hydrogen-bond donors (Lipinski definition) is 1. The van der Waals surface area contributed by atoms with Crippen molar-refractivity contribution in [3.8, 4) is 0 Å². The Hall–Kier alpha value is -2.44. The number of rotatable bonds is 3. The largest absolute Gasteiger partial charge is 0.319 e. The van der Waals surface area contributed by atoms with Crippen LogP contribution in [0.4, 0.5) is 0 Å². The lowest BCUT2D eigenvalue weighted by Crippen LogP contribution is -2.16. The lowest BCUT2D eigenvalue weighted by atomic mass is 10.2. The summed E-state index contributed by atoms with van der Waals surface area (Å²) in [5.74, 6) is 0.585. The molecular weight excluding hydrogens is 361 g/mol. The average Bonchev–Trinajstić information content (AvgIpc) is 3.03. The van der Waals surface area contributed by atoms with Crippen LogP contribution in [-0.4, -0.2) is 24.6 Å². The van der Waals surface area contributed by atoms with E-state index >= 15 is 0 Å². The number of aromatic nitrogens is 5. The molecule has 0 bridgehead atoms. The van der Waals surface area contributed by atoms with Crippen LogP contribution in [0.2, 0.25) is 10.0 Å². The van der Waals surface area contributed by atoms with Crippen LogP contribution in [0.25, 0.3) is 16.7 Å². The van der Waals surface area contributed by atoms with E-state index in [0.717, 1.165) is 16.7 Å². The van der Waals surface area contributed by atoms with E-state index in [4.69, 9.17) is 23.2 Å². The Labute approximate surface area is 152 Å². The summed E-state index contributed by atoms with van der Waals surface area (Å²) < 4.78 is 1.62. The van der Waals surface area contributed by atoms with E-state index in [1.54, 1.807) is 10.6 Å². The number of aromatic amines is 1. The number of benzene rings is 1. The normalized spacial score (nSPS) is 11.5. The molecule has 0 saturated carbocycles. The summed E-state index contributed by atoms with van der Waals surface area (Å²) in [4.78, 5) is 23.9. The number of pyridine rings is 1. The Morgan fingerprint density at radius 2 is 1.92 bits per heavy atom. The van der Waals surface area contributed by atoms with E-state index in [0.29, 0.717) is 40.1 Å². The molecule has 0 atom stereocenters. The first-order chi connectivity index (χ1) is 12.0. The van der Waals surface area contributed by atoms with Gasteiger partial charge < -0.3 is 4.98 Å². The molecule has 0 aliphatic rings. The number of halogens is 2. The van der Waals surface area contributed by atoms with Crippen LogP contribution in [0.5, 0.6) is 0 Å². The molecule has 0 spiro atoms. The minimum atomic E-state index is -0.195. The highest BCUT2D eigenvalue weighted by molar-refractivity contribution is 6.36. The van der Waals surface area contributed by atoms with Crippen molar-refractivity contribution in [1.82, 2.24) is 24.6 Å². The van der Waals surface area contributed by atoms with Crippen LogP contribution >= 0.6 is 23.2 Å². The van der Waals surface area contributed by atoms with Gasteiger partial charge in [-0.2, -0.15) is 5.10 Å². The molecule has 0 aliphatic heterocycles. The fraction of sp³-hybridized carbons (Fsp3) is 0.176. The molecule has 4 rings (SSSR count). The van der Waals surface area contributed by atoms with Crippen molar-refractivity contribution in [1.29, 1.82) is 0 Å². The van der Waals surface area contributed by atoms with Crippen molar-refractivity contribution in [3.05, 3.63) is 67.9 Å². The molecule has 0 aliphatic carbocycles. The summed E-state index contributed by atoms with van der Waals surface area (Å²) in [5.41, 5.74) is 3.06. The molecule has 126 valence electrons. The van der Waals surface area contributed by atoms with Crippen molar-refractivity contribution < 1.29 is 0 Å². The van der Waals surface area contributed by atoms with Crippen LogP contribution in [0.15, 0.2) is 35.1 Å². The van der Waals surface area contributed by atoms with E-state index in [-0.39, 0.29) is 5.56 Å². The first kappa shape index (κ1) is 16.1. The standard InChI is InChI=1S/C17H13Cl2N5O/c1-9-10(18)8-11(19)16-22-15(23-24(9)16)7-6-14-17(25)21-13-5-3-2-4-12(13)20-14/h2-5,8H,6-7H2,1H3,(H,21,25). The number of nitrogens with one attached hydrogen (secondary N) is 1. The molecule has 1 aromatic carbocycles. The lowest BCUT2D eigenvalue weighted by molar-refractivity contribution is 0.804. The summed E-state index contributed by atoms with van der Waals surface area (Å²) in [6.45, 7) is 1.85. The second-order valence-electron chi connectivity index (χ2n) is 5.72. The van der Waals surface area contributed by atoms with Gasteiger partial charge in [0.1, 0.15) is 5.69 Å². The first-order valence-electron chi connectivity index (χ1n) is 7.71. The predicted octanol–water partition coefficient (Wildman–Crippen LogP) is 3.37. The number of nitrogens with zero attached hydrogens (tertiary/aromatic N) is 4. The van der Waals surface area contributed by atoms with Crippen LogP contribution in [0.1, 0.15) is 17.2 Å². The summed E-state index contributed by atoms with van der Waals surface area (Å²) in [6, 6.07) is 9.09. The van der Waals surface area contributed by atoms with Crippen LogP contribution < -0.4 is 5.56 Å². The van der Waals surface area contributed by atoms with Crippen molar-refractivity contribution in [2.24, 2.45) is 0 Å². The Kier molecular flexibility index (Phi) is 3.94. The smallest absolute Gasteiger partial charge is 0.270 e. The van der Waals surface area contributed by atoms with Gasteiger partial charge in [-0.05, 0) is 25.1 Å². The van der Waals surface area contributed by atoms with E-state index < -0.39 is 0 Å². The van der Waals surface area contributed by atoms with E-state index in [1.165, 1.54) is 0 Å². The molecule has 3 heterocycles.